The molecule has 21 heavy (non-hydrogen) atoms. The van der Waals surface area contributed by atoms with Gasteiger partial charge in [-0.2, -0.15) is 0 Å². The van der Waals surface area contributed by atoms with Gasteiger partial charge in [-0.15, -0.1) is 11.3 Å². The van der Waals surface area contributed by atoms with E-state index in [0.717, 1.165) is 27.4 Å². The smallest absolute Gasteiger partial charge is 0.336 e. The first-order valence-corrected chi connectivity index (χ1v) is 9.05. The summed E-state index contributed by atoms with van der Waals surface area (Å²) >= 11 is 4.20. The first kappa shape index (κ1) is 16.2. The van der Waals surface area contributed by atoms with Crippen molar-refractivity contribution < 1.29 is 18.3 Å². The molecule has 0 spiro atoms. The van der Waals surface area contributed by atoms with Crippen molar-refractivity contribution in [1.82, 2.24) is 4.72 Å². The second-order valence-corrected chi connectivity index (χ2v) is 8.12. The van der Waals surface area contributed by atoms with E-state index >= 15 is 0 Å². The van der Waals surface area contributed by atoms with E-state index in [0.29, 0.717) is 0 Å². The summed E-state index contributed by atoms with van der Waals surface area (Å²) in [5, 5.41) is 10.1. The number of carboxylic acids is 1. The molecule has 8 heteroatoms. The van der Waals surface area contributed by atoms with Crippen LogP contribution in [-0.2, 0) is 10.0 Å². The van der Waals surface area contributed by atoms with Crippen molar-refractivity contribution in [3.63, 3.8) is 0 Å². The van der Waals surface area contributed by atoms with E-state index in [9.17, 15) is 13.2 Å². The molecule has 0 aliphatic rings. The van der Waals surface area contributed by atoms with Crippen molar-refractivity contribution in [1.29, 1.82) is 0 Å². The van der Waals surface area contributed by atoms with Crippen LogP contribution in [0.2, 0.25) is 0 Å². The second-order valence-electron chi connectivity index (χ2n) is 4.35. The lowest BCUT2D eigenvalue weighted by Crippen LogP contribution is -2.26. The van der Waals surface area contributed by atoms with Gasteiger partial charge in [-0.05, 0) is 30.7 Å². The number of carbonyl (C=O) groups is 1. The van der Waals surface area contributed by atoms with E-state index in [2.05, 4.69) is 20.7 Å². The highest BCUT2D eigenvalue weighted by Gasteiger charge is 2.21. The fourth-order valence-corrected chi connectivity index (χ4v) is 4.35. The third-order valence-electron chi connectivity index (χ3n) is 2.79. The molecule has 2 N–H and O–H groups in total. The number of rotatable bonds is 5. The normalized spacial score (nSPS) is 13.0. The number of thiophene rings is 1. The van der Waals surface area contributed by atoms with Crippen LogP contribution in [0, 0.1) is 0 Å². The number of aromatic carboxylic acids is 1. The lowest BCUT2D eigenvalue weighted by Gasteiger charge is -2.13. The maximum Gasteiger partial charge on any atom is 0.336 e. The van der Waals surface area contributed by atoms with Gasteiger partial charge in [0, 0.05) is 15.9 Å². The van der Waals surface area contributed by atoms with Crippen molar-refractivity contribution in [3.05, 3.63) is 51.3 Å². The molecule has 0 radical (unpaired) electrons. The van der Waals surface area contributed by atoms with Gasteiger partial charge in [-0.3, -0.25) is 0 Å². The Kier molecular flexibility index (Phi) is 4.82. The van der Waals surface area contributed by atoms with Gasteiger partial charge in [0.2, 0.25) is 0 Å². The zero-order chi connectivity index (χ0) is 15.6. The summed E-state index contributed by atoms with van der Waals surface area (Å²) in [4.78, 5) is 10.8. The summed E-state index contributed by atoms with van der Waals surface area (Å²) < 4.78 is 27.9. The molecule has 0 aliphatic carbocycles. The van der Waals surface area contributed by atoms with Gasteiger partial charge in [-0.25, -0.2) is 17.9 Å². The average molecular weight is 390 g/mol. The minimum atomic E-state index is -3.74. The van der Waals surface area contributed by atoms with Crippen LogP contribution in [0.4, 0.5) is 0 Å². The van der Waals surface area contributed by atoms with Crippen molar-refractivity contribution in [2.75, 3.05) is 0 Å². The van der Waals surface area contributed by atoms with E-state index in [-0.39, 0.29) is 9.77 Å². The van der Waals surface area contributed by atoms with Crippen molar-refractivity contribution in [3.8, 4) is 0 Å². The topological polar surface area (TPSA) is 83.5 Å². The molecule has 0 unspecified atom stereocenters. The maximum absolute atomic E-state index is 12.2. The number of benzene rings is 1. The Morgan fingerprint density at radius 3 is 2.48 bits per heavy atom. The molecule has 1 aromatic carbocycles. The number of halogens is 1. The van der Waals surface area contributed by atoms with Crippen molar-refractivity contribution >= 4 is 43.3 Å². The van der Waals surface area contributed by atoms with Gasteiger partial charge >= 0.3 is 5.97 Å². The molecule has 5 nitrogen and oxygen atoms in total. The highest BCUT2D eigenvalue weighted by Crippen LogP contribution is 2.23. The largest absolute Gasteiger partial charge is 0.478 e. The monoisotopic (exact) mass is 389 g/mol. The Balaban J connectivity index is 2.20. The second kappa shape index (κ2) is 6.27. The lowest BCUT2D eigenvalue weighted by atomic mass is 10.1. The molecule has 1 heterocycles. The van der Waals surface area contributed by atoms with Crippen LogP contribution >= 0.6 is 27.3 Å². The zero-order valence-electron chi connectivity index (χ0n) is 10.9. The summed E-state index contributed by atoms with van der Waals surface area (Å²) in [7, 11) is -3.74. The quantitative estimate of drug-likeness (QED) is 0.821. The predicted octanol–water partition coefficient (Wildman–Crippen LogP) is 3.25. The van der Waals surface area contributed by atoms with E-state index in [1.807, 2.05) is 24.3 Å². The van der Waals surface area contributed by atoms with Gasteiger partial charge in [0.15, 0.2) is 0 Å². The Hall–Kier alpha value is -1.22. The van der Waals surface area contributed by atoms with E-state index in [1.165, 1.54) is 5.38 Å². The van der Waals surface area contributed by atoms with E-state index < -0.39 is 22.0 Å². The Bertz CT molecular complexity index is 753. The van der Waals surface area contributed by atoms with Crippen LogP contribution in [0.5, 0.6) is 0 Å². The molecular weight excluding hydrogens is 378 g/mol. The first-order chi connectivity index (χ1) is 9.79. The molecular formula is C13H12BrNO4S2. The van der Waals surface area contributed by atoms with Gasteiger partial charge < -0.3 is 5.11 Å². The van der Waals surface area contributed by atoms with Gasteiger partial charge in [-0.1, -0.05) is 28.1 Å². The maximum atomic E-state index is 12.2. The molecule has 0 aliphatic heterocycles. The molecule has 0 fully saturated rings. The molecule has 2 aromatic rings. The first-order valence-electron chi connectivity index (χ1n) is 5.89. The average Bonchev–Trinajstić information content (AvgIpc) is 2.89. The summed E-state index contributed by atoms with van der Waals surface area (Å²) in [6, 6.07) is 8.02. The summed E-state index contributed by atoms with van der Waals surface area (Å²) in [6.07, 6.45) is 0. The molecule has 1 atom stereocenters. The fraction of sp³-hybridized carbons (Fsp3) is 0.154. The van der Waals surface area contributed by atoms with Crippen molar-refractivity contribution in [2.24, 2.45) is 0 Å². The van der Waals surface area contributed by atoms with Crippen LogP contribution < -0.4 is 4.72 Å². The number of carboxylic acid groups (broad SMARTS) is 1. The summed E-state index contributed by atoms with van der Waals surface area (Å²) in [6.45, 7) is 1.73. The number of sulfonamides is 1. The number of hydrogen-bond acceptors (Lipinski definition) is 4. The SMILES string of the molecule is C[C@H](NS(=O)(=O)c1cc(C(=O)O)cs1)c1ccc(Br)cc1. The molecule has 0 saturated carbocycles. The molecule has 0 amide bonds. The van der Waals surface area contributed by atoms with Crippen LogP contribution in [0.15, 0.2) is 44.4 Å². The Morgan fingerprint density at radius 1 is 1.33 bits per heavy atom. The van der Waals surface area contributed by atoms with Crippen molar-refractivity contribution in [2.45, 2.75) is 17.2 Å². The van der Waals surface area contributed by atoms with Crippen LogP contribution in [0.3, 0.4) is 0 Å². The number of nitrogens with one attached hydrogen (secondary N) is 1. The minimum Gasteiger partial charge on any atom is -0.478 e. The third-order valence-corrected chi connectivity index (χ3v) is 6.30. The van der Waals surface area contributed by atoms with Crippen LogP contribution in [0.25, 0.3) is 0 Å². The van der Waals surface area contributed by atoms with Crippen LogP contribution in [0.1, 0.15) is 28.9 Å². The molecule has 0 saturated heterocycles. The van der Waals surface area contributed by atoms with E-state index in [1.54, 1.807) is 6.92 Å². The van der Waals surface area contributed by atoms with Crippen LogP contribution in [-0.4, -0.2) is 19.5 Å². The van der Waals surface area contributed by atoms with E-state index in [4.69, 9.17) is 5.11 Å². The minimum absolute atomic E-state index is 0.0103. The van der Waals surface area contributed by atoms with Gasteiger partial charge in [0.25, 0.3) is 10.0 Å². The molecule has 0 bridgehead atoms. The number of hydrogen-bond donors (Lipinski definition) is 2. The van der Waals surface area contributed by atoms with Gasteiger partial charge in [0.05, 0.1) is 5.56 Å². The summed E-state index contributed by atoms with van der Waals surface area (Å²) in [5.74, 6) is -1.14. The summed E-state index contributed by atoms with van der Waals surface area (Å²) in [5.41, 5.74) is 0.786. The fourth-order valence-electron chi connectivity index (χ4n) is 1.68. The zero-order valence-corrected chi connectivity index (χ0v) is 14.1. The molecule has 112 valence electrons. The lowest BCUT2D eigenvalue weighted by molar-refractivity contribution is 0.0697. The van der Waals surface area contributed by atoms with Gasteiger partial charge in [0.1, 0.15) is 4.21 Å². The highest BCUT2D eigenvalue weighted by molar-refractivity contribution is 9.10. The highest BCUT2D eigenvalue weighted by atomic mass is 79.9. The standard InChI is InChI=1S/C13H12BrNO4S2/c1-8(9-2-4-11(14)5-3-9)15-21(18,19)12-6-10(7-20-12)13(16)17/h2-8,15H,1H3,(H,16,17)/t8-/m0/s1. The molecule has 1 aromatic heterocycles. The molecule has 2 rings (SSSR count). The third kappa shape index (κ3) is 3.91. The Morgan fingerprint density at radius 2 is 1.95 bits per heavy atom. The Labute approximate surface area is 134 Å². The predicted molar refractivity (Wildman–Crippen MR) is 84.2 cm³/mol.